The minimum atomic E-state index is -0.778. The molecule has 0 unspecified atom stereocenters. The lowest BCUT2D eigenvalue weighted by Crippen LogP contribution is -2.50. The minimum absolute atomic E-state index is 0.0930. The van der Waals surface area contributed by atoms with Gasteiger partial charge in [-0.25, -0.2) is 0 Å². The number of nitrogens with one attached hydrogen (secondary N) is 1. The molecule has 3 N–H and O–H groups in total. The fourth-order valence-corrected chi connectivity index (χ4v) is 2.78. The van der Waals surface area contributed by atoms with Gasteiger partial charge in [0.2, 0.25) is 5.91 Å². The van der Waals surface area contributed by atoms with Gasteiger partial charge in [-0.05, 0) is 56.4 Å². The van der Waals surface area contributed by atoms with E-state index in [0.29, 0.717) is 12.8 Å². The Hall–Kier alpha value is -1.55. The number of nitrogens with zero attached hydrogens (tertiary/aromatic N) is 1. The van der Waals surface area contributed by atoms with Gasteiger partial charge in [-0.2, -0.15) is 0 Å². The lowest BCUT2D eigenvalue weighted by Gasteiger charge is -2.26. The Morgan fingerprint density at radius 1 is 1.29 bits per heavy atom. The average Bonchev–Trinajstić information content (AvgIpc) is 3.02. The van der Waals surface area contributed by atoms with E-state index in [4.69, 9.17) is 5.73 Å². The third-order valence-electron chi connectivity index (χ3n) is 4.64. The van der Waals surface area contributed by atoms with E-state index in [1.807, 2.05) is 26.8 Å². The van der Waals surface area contributed by atoms with Crippen LogP contribution in [0.2, 0.25) is 0 Å². The van der Waals surface area contributed by atoms with Crippen molar-refractivity contribution in [3.05, 3.63) is 23.8 Å². The highest BCUT2D eigenvalue weighted by Crippen LogP contribution is 2.26. The Balaban J connectivity index is 2.12. The smallest absolute Gasteiger partial charge is 0.244 e. The zero-order valence-corrected chi connectivity index (χ0v) is 13.4. The van der Waals surface area contributed by atoms with Gasteiger partial charge in [0.1, 0.15) is 0 Å². The number of hydrogen-bond donors (Lipinski definition) is 2. The number of amides is 1. The molecule has 2 rings (SSSR count). The van der Waals surface area contributed by atoms with Crippen LogP contribution >= 0.6 is 0 Å². The second kappa shape index (κ2) is 6.48. The monoisotopic (exact) mass is 289 g/mol. The fourth-order valence-electron chi connectivity index (χ4n) is 2.78. The zero-order chi connectivity index (χ0) is 15.5. The summed E-state index contributed by atoms with van der Waals surface area (Å²) in [4.78, 5) is 14.7. The highest BCUT2D eigenvalue weighted by Gasteiger charge is 2.30. The Kier molecular flexibility index (Phi) is 4.88. The molecule has 0 bridgehead atoms. The van der Waals surface area contributed by atoms with E-state index in [0.717, 1.165) is 24.3 Å². The molecule has 0 spiro atoms. The molecule has 1 heterocycles. The van der Waals surface area contributed by atoms with Crippen molar-refractivity contribution < 1.29 is 4.79 Å². The lowest BCUT2D eigenvalue weighted by molar-refractivity contribution is -0.121. The molecule has 1 aliphatic heterocycles. The molecule has 4 heteroatoms. The van der Waals surface area contributed by atoms with E-state index in [1.54, 1.807) is 0 Å². The van der Waals surface area contributed by atoms with Crippen LogP contribution in [0.3, 0.4) is 0 Å². The number of benzene rings is 1. The predicted molar refractivity (Wildman–Crippen MR) is 88.8 cm³/mol. The maximum atomic E-state index is 12.3. The second-order valence-corrected chi connectivity index (χ2v) is 6.01. The number of aryl methyl sites for hydroxylation is 1. The molecular weight excluding hydrogens is 262 g/mol. The normalized spacial score (nSPS) is 15.3. The lowest BCUT2D eigenvalue weighted by atomic mass is 9.93. The van der Waals surface area contributed by atoms with Crippen LogP contribution in [0.5, 0.6) is 0 Å². The Labute approximate surface area is 127 Å². The minimum Gasteiger partial charge on any atom is -0.372 e. The van der Waals surface area contributed by atoms with E-state index >= 15 is 0 Å². The third-order valence-corrected chi connectivity index (χ3v) is 4.64. The van der Waals surface area contributed by atoms with Gasteiger partial charge in [0.25, 0.3) is 0 Å². The van der Waals surface area contributed by atoms with E-state index in [2.05, 4.69) is 22.3 Å². The maximum Gasteiger partial charge on any atom is 0.244 e. The van der Waals surface area contributed by atoms with Crippen molar-refractivity contribution >= 4 is 17.3 Å². The highest BCUT2D eigenvalue weighted by atomic mass is 16.2. The molecule has 0 aromatic heterocycles. The predicted octanol–water partition coefficient (Wildman–Crippen LogP) is 3.05. The summed E-state index contributed by atoms with van der Waals surface area (Å²) in [5.74, 6) is -0.0930. The quantitative estimate of drug-likeness (QED) is 0.876. The Morgan fingerprint density at radius 3 is 2.43 bits per heavy atom. The third kappa shape index (κ3) is 3.38. The van der Waals surface area contributed by atoms with E-state index in [1.165, 1.54) is 18.5 Å². The molecule has 1 fully saturated rings. The molecular formula is C17H27N3O. The fraction of sp³-hybridized carbons (Fsp3) is 0.588. The standard InChI is InChI=1S/C17H27N3O/c1-4-17(18,5-2)16(21)19-15-9-8-14(12-13(15)3)20-10-6-7-11-20/h8-9,12H,4-7,10-11,18H2,1-3H3,(H,19,21). The van der Waals surface area contributed by atoms with Gasteiger partial charge in [-0.1, -0.05) is 13.8 Å². The van der Waals surface area contributed by atoms with E-state index < -0.39 is 5.54 Å². The van der Waals surface area contributed by atoms with Crippen molar-refractivity contribution in [2.24, 2.45) is 5.73 Å². The first-order chi connectivity index (χ1) is 10.00. The second-order valence-electron chi connectivity index (χ2n) is 6.01. The van der Waals surface area contributed by atoms with Gasteiger partial charge in [0.05, 0.1) is 5.54 Å². The number of nitrogens with two attached hydrogens (primary N) is 1. The highest BCUT2D eigenvalue weighted by molar-refractivity contribution is 5.98. The van der Waals surface area contributed by atoms with E-state index in [9.17, 15) is 4.79 Å². The van der Waals surface area contributed by atoms with Crippen molar-refractivity contribution in [1.29, 1.82) is 0 Å². The van der Waals surface area contributed by atoms with Crippen LogP contribution in [-0.2, 0) is 4.79 Å². The summed E-state index contributed by atoms with van der Waals surface area (Å²) in [5.41, 5.74) is 8.56. The van der Waals surface area contributed by atoms with Crippen LogP contribution in [0.25, 0.3) is 0 Å². The zero-order valence-electron chi connectivity index (χ0n) is 13.4. The first-order valence-corrected chi connectivity index (χ1v) is 7.96. The molecule has 1 aromatic rings. The molecule has 0 aliphatic carbocycles. The Morgan fingerprint density at radius 2 is 1.90 bits per heavy atom. The van der Waals surface area contributed by atoms with Crippen molar-refractivity contribution in [2.45, 2.75) is 52.0 Å². The molecule has 21 heavy (non-hydrogen) atoms. The van der Waals surface area contributed by atoms with Crippen molar-refractivity contribution in [2.75, 3.05) is 23.3 Å². The average molecular weight is 289 g/mol. The van der Waals surface area contributed by atoms with E-state index in [-0.39, 0.29) is 5.91 Å². The summed E-state index contributed by atoms with van der Waals surface area (Å²) in [5, 5.41) is 2.99. The van der Waals surface area contributed by atoms with Gasteiger partial charge in [0.15, 0.2) is 0 Å². The molecule has 0 atom stereocenters. The molecule has 1 saturated heterocycles. The topological polar surface area (TPSA) is 58.4 Å². The van der Waals surface area contributed by atoms with Gasteiger partial charge < -0.3 is 16.0 Å². The molecule has 1 aliphatic rings. The van der Waals surface area contributed by atoms with Crippen LogP contribution in [0, 0.1) is 6.92 Å². The summed E-state index contributed by atoms with van der Waals surface area (Å²) < 4.78 is 0. The number of rotatable bonds is 5. The molecule has 4 nitrogen and oxygen atoms in total. The molecule has 0 radical (unpaired) electrons. The van der Waals surface area contributed by atoms with Gasteiger partial charge >= 0.3 is 0 Å². The van der Waals surface area contributed by atoms with Crippen LogP contribution in [0.1, 0.15) is 45.1 Å². The number of hydrogen-bond acceptors (Lipinski definition) is 3. The van der Waals surface area contributed by atoms with Crippen molar-refractivity contribution in [3.8, 4) is 0 Å². The molecule has 1 aromatic carbocycles. The first-order valence-electron chi connectivity index (χ1n) is 7.96. The van der Waals surface area contributed by atoms with Crippen LogP contribution in [0.15, 0.2) is 18.2 Å². The van der Waals surface area contributed by atoms with Crippen molar-refractivity contribution in [3.63, 3.8) is 0 Å². The van der Waals surface area contributed by atoms with Crippen LogP contribution in [0.4, 0.5) is 11.4 Å². The first kappa shape index (κ1) is 15.8. The molecule has 116 valence electrons. The largest absolute Gasteiger partial charge is 0.372 e. The summed E-state index contributed by atoms with van der Waals surface area (Å²) in [6, 6.07) is 6.23. The number of anilines is 2. The molecule has 0 saturated carbocycles. The summed E-state index contributed by atoms with van der Waals surface area (Å²) in [6.07, 6.45) is 3.81. The summed E-state index contributed by atoms with van der Waals surface area (Å²) in [7, 11) is 0. The summed E-state index contributed by atoms with van der Waals surface area (Å²) in [6.45, 7) is 8.19. The SMILES string of the molecule is CCC(N)(CC)C(=O)Nc1ccc(N2CCCC2)cc1C. The Bertz CT molecular complexity index is 503. The van der Waals surface area contributed by atoms with Crippen molar-refractivity contribution in [1.82, 2.24) is 0 Å². The summed E-state index contributed by atoms with van der Waals surface area (Å²) >= 11 is 0. The van der Waals surface area contributed by atoms with Gasteiger partial charge in [0, 0.05) is 24.5 Å². The number of carbonyl (C=O) groups is 1. The van der Waals surface area contributed by atoms with Gasteiger partial charge in [-0.15, -0.1) is 0 Å². The maximum absolute atomic E-state index is 12.3. The number of carbonyl (C=O) groups excluding carboxylic acids is 1. The van der Waals surface area contributed by atoms with Crippen LogP contribution in [-0.4, -0.2) is 24.5 Å². The van der Waals surface area contributed by atoms with Gasteiger partial charge in [-0.3, -0.25) is 4.79 Å². The van der Waals surface area contributed by atoms with Crippen LogP contribution < -0.4 is 16.0 Å². The molecule has 1 amide bonds.